The fourth-order valence-electron chi connectivity index (χ4n) is 2.64. The zero-order valence-corrected chi connectivity index (χ0v) is 15.4. The van der Waals surface area contributed by atoms with Crippen molar-refractivity contribution >= 4 is 17.8 Å². The molecule has 0 aliphatic rings. The van der Waals surface area contributed by atoms with Gasteiger partial charge in [-0.3, -0.25) is 9.59 Å². The van der Waals surface area contributed by atoms with Gasteiger partial charge in [0, 0.05) is 31.0 Å². The Kier molecular flexibility index (Phi) is 7.61. The maximum Gasteiger partial charge on any atom is 0.260 e. The summed E-state index contributed by atoms with van der Waals surface area (Å²) in [5, 5.41) is 3.96. The predicted octanol–water partition coefficient (Wildman–Crippen LogP) is 2.63. The Hall–Kier alpha value is -2.89. The van der Waals surface area contributed by atoms with Crippen LogP contribution in [0.4, 0.5) is 5.69 Å². The van der Waals surface area contributed by atoms with Crippen molar-refractivity contribution in [1.82, 2.24) is 9.99 Å². The molecule has 138 valence electrons. The minimum Gasteiger partial charge on any atom is -0.372 e. The molecule has 0 bridgehead atoms. The molecule has 0 radical (unpaired) electrons. The van der Waals surface area contributed by atoms with Gasteiger partial charge in [0.2, 0.25) is 0 Å². The Balaban J connectivity index is 1.90. The van der Waals surface area contributed by atoms with Gasteiger partial charge in [0.05, 0.1) is 6.21 Å². The first-order chi connectivity index (χ1) is 12.6. The Labute approximate surface area is 154 Å². The highest BCUT2D eigenvalue weighted by Crippen LogP contribution is 2.15. The summed E-state index contributed by atoms with van der Waals surface area (Å²) in [5.41, 5.74) is 4.32. The Morgan fingerprint density at radius 2 is 1.81 bits per heavy atom. The minimum absolute atomic E-state index is 0.0566. The van der Waals surface area contributed by atoms with Crippen molar-refractivity contribution in [1.29, 1.82) is 0 Å². The quantitative estimate of drug-likeness (QED) is 0.556. The maximum absolute atomic E-state index is 11.9. The van der Waals surface area contributed by atoms with Gasteiger partial charge >= 0.3 is 0 Å². The number of anilines is 1. The number of rotatable bonds is 9. The second-order valence-electron chi connectivity index (χ2n) is 6.04. The number of nitrogens with one attached hydrogen (secondary N) is 1. The topological polar surface area (TPSA) is 66.7 Å². The van der Waals surface area contributed by atoms with Gasteiger partial charge in [0.25, 0.3) is 11.5 Å². The zero-order chi connectivity index (χ0) is 18.8. The molecule has 0 spiro atoms. The van der Waals surface area contributed by atoms with E-state index in [0.717, 1.165) is 31.5 Å². The standard InChI is InChI=1S/C20H26N4O2/c1-3-12-23(13-4-2)18-10-8-17(9-11-18)15-21-22-19(25)16-24-14-6-5-7-20(24)26/h5-11,14-15H,3-4,12-13,16H2,1-2H3,(H,22,25)/b21-15-. The fraction of sp³-hybridized carbons (Fsp3) is 0.350. The number of amides is 1. The molecule has 0 saturated heterocycles. The third-order valence-corrected chi connectivity index (χ3v) is 3.86. The van der Waals surface area contributed by atoms with Gasteiger partial charge in [0.1, 0.15) is 6.54 Å². The van der Waals surface area contributed by atoms with E-state index in [4.69, 9.17) is 0 Å². The van der Waals surface area contributed by atoms with Crippen molar-refractivity contribution in [2.75, 3.05) is 18.0 Å². The van der Waals surface area contributed by atoms with E-state index in [2.05, 4.69) is 41.4 Å². The monoisotopic (exact) mass is 354 g/mol. The number of nitrogens with zero attached hydrogens (tertiary/aromatic N) is 3. The van der Waals surface area contributed by atoms with Crippen molar-refractivity contribution in [3.8, 4) is 0 Å². The van der Waals surface area contributed by atoms with Crippen molar-refractivity contribution in [3.63, 3.8) is 0 Å². The SMILES string of the molecule is CCCN(CCC)c1ccc(/C=N\NC(=O)Cn2ccccc2=O)cc1. The maximum atomic E-state index is 11.9. The molecule has 2 aromatic rings. The number of carbonyl (C=O) groups excluding carboxylic acids is 1. The van der Waals surface area contributed by atoms with Crippen LogP contribution in [0.25, 0.3) is 0 Å². The lowest BCUT2D eigenvalue weighted by atomic mass is 10.2. The third kappa shape index (κ3) is 5.88. The van der Waals surface area contributed by atoms with Gasteiger partial charge in [-0.25, -0.2) is 5.43 Å². The second-order valence-corrected chi connectivity index (χ2v) is 6.04. The zero-order valence-electron chi connectivity index (χ0n) is 15.4. The molecule has 1 amide bonds. The highest BCUT2D eigenvalue weighted by molar-refractivity contribution is 5.82. The largest absolute Gasteiger partial charge is 0.372 e. The summed E-state index contributed by atoms with van der Waals surface area (Å²) in [4.78, 5) is 25.8. The van der Waals surface area contributed by atoms with E-state index < -0.39 is 0 Å². The number of hydrogen-bond acceptors (Lipinski definition) is 4. The van der Waals surface area contributed by atoms with Crippen LogP contribution in [0.1, 0.15) is 32.3 Å². The molecule has 0 aliphatic heterocycles. The molecule has 1 aromatic heterocycles. The Morgan fingerprint density at radius 3 is 2.42 bits per heavy atom. The van der Waals surface area contributed by atoms with Gasteiger partial charge < -0.3 is 9.47 Å². The van der Waals surface area contributed by atoms with Gasteiger partial charge in [-0.1, -0.05) is 32.0 Å². The first-order valence-corrected chi connectivity index (χ1v) is 8.96. The summed E-state index contributed by atoms with van der Waals surface area (Å²) in [6.45, 7) is 6.37. The second kappa shape index (κ2) is 10.2. The molecule has 0 fully saturated rings. The third-order valence-electron chi connectivity index (χ3n) is 3.86. The van der Waals surface area contributed by atoms with E-state index in [1.807, 2.05) is 12.1 Å². The average molecular weight is 354 g/mol. The minimum atomic E-state index is -0.344. The molecule has 0 unspecified atom stereocenters. The van der Waals surface area contributed by atoms with Crippen molar-refractivity contribution in [3.05, 3.63) is 64.6 Å². The Morgan fingerprint density at radius 1 is 1.12 bits per heavy atom. The molecule has 6 heteroatoms. The molecular formula is C20H26N4O2. The van der Waals surface area contributed by atoms with Crippen LogP contribution in [0.3, 0.4) is 0 Å². The van der Waals surface area contributed by atoms with Crippen LogP contribution in [0.5, 0.6) is 0 Å². The molecule has 1 N–H and O–H groups in total. The highest BCUT2D eigenvalue weighted by Gasteiger charge is 2.04. The van der Waals surface area contributed by atoms with Crippen LogP contribution < -0.4 is 15.9 Å². The predicted molar refractivity (Wildman–Crippen MR) is 106 cm³/mol. The van der Waals surface area contributed by atoms with Gasteiger partial charge in [-0.15, -0.1) is 0 Å². The number of hydrogen-bond donors (Lipinski definition) is 1. The molecule has 26 heavy (non-hydrogen) atoms. The first kappa shape index (κ1) is 19.4. The first-order valence-electron chi connectivity index (χ1n) is 8.96. The van der Waals surface area contributed by atoms with E-state index in [1.165, 1.54) is 16.3 Å². The molecule has 6 nitrogen and oxygen atoms in total. The summed E-state index contributed by atoms with van der Waals surface area (Å²) in [5.74, 6) is -0.344. The van der Waals surface area contributed by atoms with E-state index in [9.17, 15) is 9.59 Å². The van der Waals surface area contributed by atoms with Crippen molar-refractivity contribution in [2.45, 2.75) is 33.2 Å². The molecule has 0 atom stereocenters. The van der Waals surface area contributed by atoms with E-state index in [-0.39, 0.29) is 18.0 Å². The van der Waals surface area contributed by atoms with Crippen LogP contribution in [-0.4, -0.2) is 29.8 Å². The van der Waals surface area contributed by atoms with Crippen LogP contribution in [-0.2, 0) is 11.3 Å². The van der Waals surface area contributed by atoms with Crippen molar-refractivity contribution in [2.24, 2.45) is 5.10 Å². The summed E-state index contributed by atoms with van der Waals surface area (Å²) < 4.78 is 1.33. The molecular weight excluding hydrogens is 328 g/mol. The number of benzene rings is 1. The van der Waals surface area contributed by atoms with E-state index in [0.29, 0.717) is 0 Å². The fourth-order valence-corrected chi connectivity index (χ4v) is 2.64. The number of pyridine rings is 1. The number of aromatic nitrogens is 1. The van der Waals surface area contributed by atoms with Crippen LogP contribution in [0, 0.1) is 0 Å². The lowest BCUT2D eigenvalue weighted by Crippen LogP contribution is -2.29. The summed E-state index contributed by atoms with van der Waals surface area (Å²) in [6.07, 6.45) is 5.39. The normalized spacial score (nSPS) is 10.8. The Bertz CT molecular complexity index is 775. The highest BCUT2D eigenvalue weighted by atomic mass is 16.2. The molecule has 2 rings (SSSR count). The lowest BCUT2D eigenvalue weighted by molar-refractivity contribution is -0.121. The number of carbonyl (C=O) groups is 1. The van der Waals surface area contributed by atoms with Gasteiger partial charge in [-0.05, 0) is 36.6 Å². The van der Waals surface area contributed by atoms with Crippen LogP contribution in [0.2, 0.25) is 0 Å². The molecule has 0 aliphatic carbocycles. The smallest absolute Gasteiger partial charge is 0.260 e. The van der Waals surface area contributed by atoms with Crippen LogP contribution in [0.15, 0.2) is 58.6 Å². The van der Waals surface area contributed by atoms with E-state index >= 15 is 0 Å². The summed E-state index contributed by atoms with van der Waals surface area (Å²) in [6, 6.07) is 12.9. The average Bonchev–Trinajstić information content (AvgIpc) is 2.64. The summed E-state index contributed by atoms with van der Waals surface area (Å²) in [7, 11) is 0. The van der Waals surface area contributed by atoms with Crippen LogP contribution >= 0.6 is 0 Å². The molecule has 0 saturated carbocycles. The lowest BCUT2D eigenvalue weighted by Gasteiger charge is -2.23. The number of hydrazone groups is 1. The van der Waals surface area contributed by atoms with Gasteiger partial charge in [-0.2, -0.15) is 5.10 Å². The van der Waals surface area contributed by atoms with Gasteiger partial charge in [0.15, 0.2) is 0 Å². The van der Waals surface area contributed by atoms with Crippen molar-refractivity contribution < 1.29 is 4.79 Å². The molecule has 1 aromatic carbocycles. The van der Waals surface area contributed by atoms with E-state index in [1.54, 1.807) is 24.5 Å². The summed E-state index contributed by atoms with van der Waals surface area (Å²) >= 11 is 0. The molecule has 1 heterocycles.